The van der Waals surface area contributed by atoms with Crippen LogP contribution in [-0.2, 0) is 0 Å². The Morgan fingerprint density at radius 3 is 1.94 bits per heavy atom. The van der Waals surface area contributed by atoms with E-state index in [0.717, 1.165) is 11.1 Å². The van der Waals surface area contributed by atoms with Crippen LogP contribution in [0.25, 0.3) is 44.2 Å². The van der Waals surface area contributed by atoms with Crippen LogP contribution in [0.4, 0.5) is 0 Å². The maximum atomic E-state index is 9.40. The summed E-state index contributed by atoms with van der Waals surface area (Å²) in [4.78, 5) is 0. The minimum absolute atomic E-state index is 0.698. The molecule has 0 radical (unpaired) electrons. The fourth-order valence-corrected chi connectivity index (χ4v) is 4.11. The molecule has 5 aromatic rings. The van der Waals surface area contributed by atoms with E-state index in [9.17, 15) is 5.26 Å². The largest absolute Gasteiger partial charge is 0.192 e. The number of nitriles is 1. The highest BCUT2D eigenvalue weighted by molar-refractivity contribution is 5.99. The van der Waals surface area contributed by atoms with Gasteiger partial charge in [0.25, 0.3) is 0 Å². The van der Waals surface area contributed by atoms with Gasteiger partial charge in [-0.1, -0.05) is 103 Å². The van der Waals surface area contributed by atoms with Crippen molar-refractivity contribution < 1.29 is 0 Å². The molecule has 0 aliphatic carbocycles. The van der Waals surface area contributed by atoms with E-state index < -0.39 is 0 Å². The maximum Gasteiger partial charge on any atom is 0.0998 e. The first-order valence-corrected chi connectivity index (χ1v) is 10.4. The van der Waals surface area contributed by atoms with Crippen LogP contribution < -0.4 is 0 Å². The topological polar surface area (TPSA) is 23.8 Å². The first-order chi connectivity index (χ1) is 15.2. The Balaban J connectivity index is 1.57. The highest BCUT2D eigenvalue weighted by Crippen LogP contribution is 2.33. The lowest BCUT2D eigenvalue weighted by Crippen LogP contribution is -1.86. The third-order valence-electron chi connectivity index (χ3n) is 5.82. The van der Waals surface area contributed by atoms with Crippen LogP contribution in [0.2, 0.25) is 0 Å². The van der Waals surface area contributed by atoms with Gasteiger partial charge in [0.1, 0.15) is 0 Å². The number of nitrogens with zero attached hydrogens (tertiary/aromatic N) is 1. The zero-order valence-corrected chi connectivity index (χ0v) is 17.3. The summed E-state index contributed by atoms with van der Waals surface area (Å²) in [6, 6.07) is 40.3. The molecule has 1 nitrogen and oxygen atoms in total. The molecule has 0 aliphatic rings. The van der Waals surface area contributed by atoms with E-state index in [4.69, 9.17) is 0 Å². The maximum absolute atomic E-state index is 9.40. The first-order valence-electron chi connectivity index (χ1n) is 10.4. The summed E-state index contributed by atoms with van der Waals surface area (Å²) in [6.45, 7) is 2.11. The Morgan fingerprint density at radius 2 is 1.16 bits per heavy atom. The molecule has 0 atom stereocenters. The van der Waals surface area contributed by atoms with Crippen LogP contribution in [0.5, 0.6) is 0 Å². The summed E-state index contributed by atoms with van der Waals surface area (Å²) < 4.78 is 0. The van der Waals surface area contributed by atoms with Gasteiger partial charge in [0.15, 0.2) is 0 Å². The average Bonchev–Trinajstić information content (AvgIpc) is 2.84. The summed E-state index contributed by atoms with van der Waals surface area (Å²) in [7, 11) is 0. The quantitative estimate of drug-likeness (QED) is 0.303. The molecule has 0 aromatic heterocycles. The molecular weight excluding hydrogens is 374 g/mol. The molecule has 0 bridgehead atoms. The molecule has 146 valence electrons. The van der Waals surface area contributed by atoms with Crippen molar-refractivity contribution in [2.24, 2.45) is 0 Å². The first kappa shape index (κ1) is 18.9. The van der Waals surface area contributed by atoms with Crippen molar-refractivity contribution in [1.29, 1.82) is 5.26 Å². The van der Waals surface area contributed by atoms with Crippen molar-refractivity contribution in [3.8, 4) is 39.4 Å². The van der Waals surface area contributed by atoms with E-state index in [-0.39, 0.29) is 0 Å². The van der Waals surface area contributed by atoms with Crippen molar-refractivity contribution in [3.63, 3.8) is 0 Å². The zero-order chi connectivity index (χ0) is 21.2. The van der Waals surface area contributed by atoms with Crippen LogP contribution in [0.1, 0.15) is 11.1 Å². The van der Waals surface area contributed by atoms with Gasteiger partial charge in [-0.25, -0.2) is 0 Å². The molecular formula is C30H21N. The van der Waals surface area contributed by atoms with E-state index in [1.54, 1.807) is 0 Å². The number of aryl methyl sites for hydroxylation is 1. The molecule has 1 heteroatoms. The molecule has 0 saturated heterocycles. The third kappa shape index (κ3) is 3.61. The van der Waals surface area contributed by atoms with Gasteiger partial charge in [0.05, 0.1) is 11.6 Å². The second-order valence-electron chi connectivity index (χ2n) is 7.84. The molecule has 0 fully saturated rings. The zero-order valence-electron chi connectivity index (χ0n) is 17.3. The third-order valence-corrected chi connectivity index (χ3v) is 5.82. The Labute approximate surface area is 182 Å². The minimum atomic E-state index is 0.698. The van der Waals surface area contributed by atoms with E-state index >= 15 is 0 Å². The number of hydrogen-bond donors (Lipinski definition) is 0. The Morgan fingerprint density at radius 1 is 0.548 bits per heavy atom. The number of rotatable bonds is 3. The Hall–Kier alpha value is -4.15. The van der Waals surface area contributed by atoms with Gasteiger partial charge in [-0.15, -0.1) is 0 Å². The Bertz CT molecular complexity index is 1420. The summed E-state index contributed by atoms with van der Waals surface area (Å²) >= 11 is 0. The number of fused-ring (bicyclic) bond motifs is 1. The molecule has 5 rings (SSSR count). The van der Waals surface area contributed by atoms with E-state index in [1.165, 1.54) is 38.6 Å². The van der Waals surface area contributed by atoms with E-state index in [1.807, 2.05) is 24.3 Å². The van der Waals surface area contributed by atoms with Gasteiger partial charge in [0.2, 0.25) is 0 Å². The summed E-state index contributed by atoms with van der Waals surface area (Å²) in [6.07, 6.45) is 0. The van der Waals surface area contributed by atoms with Crippen molar-refractivity contribution in [2.75, 3.05) is 0 Å². The smallest absolute Gasteiger partial charge is 0.0998 e. The van der Waals surface area contributed by atoms with Crippen LogP contribution in [0, 0.1) is 18.3 Å². The summed E-state index contributed by atoms with van der Waals surface area (Å²) in [5.74, 6) is 0. The van der Waals surface area contributed by atoms with Gasteiger partial charge >= 0.3 is 0 Å². The summed E-state index contributed by atoms with van der Waals surface area (Å²) in [5, 5.41) is 11.9. The van der Waals surface area contributed by atoms with Crippen LogP contribution in [0.3, 0.4) is 0 Å². The van der Waals surface area contributed by atoms with E-state index in [0.29, 0.717) is 5.56 Å². The van der Waals surface area contributed by atoms with Crippen LogP contribution in [-0.4, -0.2) is 0 Å². The van der Waals surface area contributed by atoms with Gasteiger partial charge in [-0.3, -0.25) is 0 Å². The van der Waals surface area contributed by atoms with Gasteiger partial charge in [-0.2, -0.15) is 5.26 Å². The molecule has 0 unspecified atom stereocenters. The van der Waals surface area contributed by atoms with Crippen LogP contribution >= 0.6 is 0 Å². The van der Waals surface area contributed by atoms with Crippen LogP contribution in [0.15, 0.2) is 109 Å². The minimum Gasteiger partial charge on any atom is -0.192 e. The van der Waals surface area contributed by atoms with Gasteiger partial charge in [-0.05, 0) is 63.2 Å². The molecule has 0 aliphatic heterocycles. The molecule has 31 heavy (non-hydrogen) atoms. The monoisotopic (exact) mass is 395 g/mol. The van der Waals surface area contributed by atoms with Gasteiger partial charge in [0, 0.05) is 0 Å². The Kier molecular flexibility index (Phi) is 4.83. The van der Waals surface area contributed by atoms with Crippen molar-refractivity contribution in [1.82, 2.24) is 0 Å². The second-order valence-corrected chi connectivity index (χ2v) is 7.84. The van der Waals surface area contributed by atoms with E-state index in [2.05, 4.69) is 97.9 Å². The predicted molar refractivity (Wildman–Crippen MR) is 130 cm³/mol. The average molecular weight is 396 g/mol. The molecule has 0 saturated carbocycles. The fraction of sp³-hybridized carbons (Fsp3) is 0.0333. The second kappa shape index (κ2) is 7.94. The normalized spacial score (nSPS) is 10.7. The van der Waals surface area contributed by atoms with Gasteiger partial charge < -0.3 is 0 Å². The molecule has 0 heterocycles. The number of benzene rings is 5. The fourth-order valence-electron chi connectivity index (χ4n) is 4.11. The van der Waals surface area contributed by atoms with Crippen molar-refractivity contribution >= 4 is 10.8 Å². The standard InChI is InChI=1S/C30H21N/c1-21-9-11-25(12-10-21)29-8-4-6-23-17-18-26(19-30(23)29)22-13-15-24(16-14-22)28-7-3-2-5-27(28)20-31/h2-19H,1H3. The lowest BCUT2D eigenvalue weighted by Gasteiger charge is -2.11. The molecule has 0 N–H and O–H groups in total. The number of hydrogen-bond acceptors (Lipinski definition) is 1. The van der Waals surface area contributed by atoms with Crippen molar-refractivity contribution in [3.05, 3.63) is 120 Å². The molecule has 0 amide bonds. The van der Waals surface area contributed by atoms with Crippen molar-refractivity contribution in [2.45, 2.75) is 6.92 Å². The summed E-state index contributed by atoms with van der Waals surface area (Å²) in [5.41, 5.74) is 8.83. The lowest BCUT2D eigenvalue weighted by molar-refractivity contribution is 1.47. The highest BCUT2D eigenvalue weighted by atomic mass is 14.2. The highest BCUT2D eigenvalue weighted by Gasteiger charge is 2.08. The predicted octanol–water partition coefficient (Wildman–Crippen LogP) is 8.02. The molecule has 0 spiro atoms. The molecule has 5 aromatic carbocycles. The SMILES string of the molecule is Cc1ccc(-c2cccc3ccc(-c4ccc(-c5ccccc5C#N)cc4)cc23)cc1. The lowest BCUT2D eigenvalue weighted by atomic mass is 9.93.